The monoisotopic (exact) mass is 383 g/mol. The topological polar surface area (TPSA) is 78.5 Å². The summed E-state index contributed by atoms with van der Waals surface area (Å²) in [5, 5.41) is 6.02. The maximum atomic E-state index is 13.1. The Morgan fingerprint density at radius 3 is 2.85 bits per heavy atom. The molecule has 0 aromatic heterocycles. The summed E-state index contributed by atoms with van der Waals surface area (Å²) in [4.78, 5) is 38.9. The molecule has 1 aliphatic heterocycles. The zero-order valence-electron chi connectivity index (χ0n) is 14.7. The van der Waals surface area contributed by atoms with Crippen LogP contribution in [0.25, 0.3) is 0 Å². The van der Waals surface area contributed by atoms with Crippen LogP contribution in [0.1, 0.15) is 23.1 Å². The number of hydrogen-bond acceptors (Lipinski definition) is 3. The van der Waals surface area contributed by atoms with Gasteiger partial charge in [-0.05, 0) is 48.6 Å². The first-order chi connectivity index (χ1) is 12.9. The van der Waals surface area contributed by atoms with Gasteiger partial charge in [-0.2, -0.15) is 0 Å². The van der Waals surface area contributed by atoms with E-state index in [0.29, 0.717) is 23.6 Å². The minimum atomic E-state index is -1.06. The summed E-state index contributed by atoms with van der Waals surface area (Å²) in [5.41, 5.74) is 2.20. The summed E-state index contributed by atoms with van der Waals surface area (Å²) in [6.45, 7) is 1.49. The molecule has 2 aromatic carbocycles. The van der Waals surface area contributed by atoms with Crippen LogP contribution in [-0.2, 0) is 21.5 Å². The highest BCUT2D eigenvalue weighted by Crippen LogP contribution is 2.41. The summed E-state index contributed by atoms with van der Waals surface area (Å²) in [6.07, 6.45) is 1.21. The van der Waals surface area contributed by atoms with Crippen LogP contribution >= 0.6 is 11.6 Å². The maximum Gasteiger partial charge on any atom is 0.325 e. The molecule has 138 valence electrons. The van der Waals surface area contributed by atoms with Crippen LogP contribution in [0.2, 0.25) is 5.02 Å². The molecule has 0 radical (unpaired) electrons. The molecular weight excluding hydrogens is 366 g/mol. The molecule has 27 heavy (non-hydrogen) atoms. The second-order valence-corrected chi connectivity index (χ2v) is 7.33. The van der Waals surface area contributed by atoms with E-state index in [1.165, 1.54) is 0 Å². The van der Waals surface area contributed by atoms with Crippen molar-refractivity contribution in [3.05, 3.63) is 64.2 Å². The van der Waals surface area contributed by atoms with E-state index >= 15 is 0 Å². The number of carbonyl (C=O) groups is 3. The van der Waals surface area contributed by atoms with Gasteiger partial charge in [0.1, 0.15) is 12.1 Å². The lowest BCUT2D eigenvalue weighted by Gasteiger charge is -2.22. The van der Waals surface area contributed by atoms with Crippen molar-refractivity contribution in [2.45, 2.75) is 25.3 Å². The third-order valence-electron chi connectivity index (χ3n) is 5.20. The van der Waals surface area contributed by atoms with E-state index in [1.54, 1.807) is 18.2 Å². The Hall–Kier alpha value is -2.86. The van der Waals surface area contributed by atoms with Gasteiger partial charge in [0.15, 0.2) is 0 Å². The Bertz CT molecular complexity index is 975. The van der Waals surface area contributed by atoms with E-state index in [1.807, 2.05) is 31.2 Å². The van der Waals surface area contributed by atoms with Crippen LogP contribution in [0.15, 0.2) is 42.5 Å². The van der Waals surface area contributed by atoms with Crippen molar-refractivity contribution >= 4 is 35.1 Å². The molecule has 2 N–H and O–H groups in total. The molecule has 7 heteroatoms. The van der Waals surface area contributed by atoms with Crippen molar-refractivity contribution < 1.29 is 14.4 Å². The Morgan fingerprint density at radius 2 is 2.04 bits per heavy atom. The van der Waals surface area contributed by atoms with Crippen LogP contribution in [0.4, 0.5) is 10.5 Å². The number of halogens is 1. The van der Waals surface area contributed by atoms with Gasteiger partial charge in [-0.1, -0.05) is 41.9 Å². The number of imide groups is 1. The quantitative estimate of drug-likeness (QED) is 0.800. The highest BCUT2D eigenvalue weighted by molar-refractivity contribution is 6.31. The average molecular weight is 384 g/mol. The molecule has 4 amide bonds. The standard InChI is InChI=1S/C20H18ClN3O3/c1-12-6-7-14(21)10-16(12)22-17(25)11-24-18(26)20(23-19(24)27)9-8-13-4-2-3-5-15(13)20/h2-7,10H,8-9,11H2,1H3,(H,22,25)(H,23,27)/t20-/m0/s1. The predicted molar refractivity (Wildman–Crippen MR) is 102 cm³/mol. The average Bonchev–Trinajstić information content (AvgIpc) is 3.12. The first-order valence-electron chi connectivity index (χ1n) is 8.69. The fraction of sp³-hybridized carbons (Fsp3) is 0.250. The number of urea groups is 1. The van der Waals surface area contributed by atoms with Crippen LogP contribution < -0.4 is 10.6 Å². The molecule has 1 spiro atoms. The summed E-state index contributed by atoms with van der Waals surface area (Å²) in [7, 11) is 0. The van der Waals surface area contributed by atoms with E-state index in [0.717, 1.165) is 21.6 Å². The molecule has 0 bridgehead atoms. The van der Waals surface area contributed by atoms with Gasteiger partial charge in [0.25, 0.3) is 5.91 Å². The Kier molecular flexibility index (Phi) is 4.15. The van der Waals surface area contributed by atoms with Crippen molar-refractivity contribution in [1.29, 1.82) is 0 Å². The molecule has 0 saturated carbocycles. The molecular formula is C20H18ClN3O3. The molecule has 2 aliphatic rings. The number of amides is 4. The molecule has 0 unspecified atom stereocenters. The third kappa shape index (κ3) is 2.86. The van der Waals surface area contributed by atoms with Crippen molar-refractivity contribution in [1.82, 2.24) is 10.2 Å². The number of hydrogen-bond donors (Lipinski definition) is 2. The largest absolute Gasteiger partial charge is 0.325 e. The number of nitrogens with zero attached hydrogens (tertiary/aromatic N) is 1. The minimum Gasteiger partial charge on any atom is -0.324 e. The van der Waals surface area contributed by atoms with Crippen LogP contribution in [0.5, 0.6) is 0 Å². The summed E-state index contributed by atoms with van der Waals surface area (Å²) < 4.78 is 0. The van der Waals surface area contributed by atoms with Gasteiger partial charge < -0.3 is 10.6 Å². The summed E-state index contributed by atoms with van der Waals surface area (Å²) in [6, 6.07) is 12.2. The summed E-state index contributed by atoms with van der Waals surface area (Å²) >= 11 is 5.97. The van der Waals surface area contributed by atoms with E-state index in [2.05, 4.69) is 10.6 Å². The molecule has 6 nitrogen and oxygen atoms in total. The first-order valence-corrected chi connectivity index (χ1v) is 9.07. The van der Waals surface area contributed by atoms with Gasteiger partial charge in [0, 0.05) is 10.7 Å². The fourth-order valence-electron chi connectivity index (χ4n) is 3.80. The number of anilines is 1. The number of nitrogens with one attached hydrogen (secondary N) is 2. The highest BCUT2D eigenvalue weighted by Gasteiger charge is 2.55. The van der Waals surface area contributed by atoms with Gasteiger partial charge in [0.2, 0.25) is 5.91 Å². The summed E-state index contributed by atoms with van der Waals surface area (Å²) in [5.74, 6) is -0.831. The number of carbonyl (C=O) groups excluding carboxylic acids is 3. The minimum absolute atomic E-state index is 0.347. The maximum absolute atomic E-state index is 13.1. The lowest BCUT2D eigenvalue weighted by atomic mass is 9.92. The predicted octanol–water partition coefficient (Wildman–Crippen LogP) is 2.98. The molecule has 1 atom stereocenters. The zero-order valence-corrected chi connectivity index (χ0v) is 15.5. The first kappa shape index (κ1) is 17.5. The lowest BCUT2D eigenvalue weighted by Crippen LogP contribution is -2.43. The zero-order chi connectivity index (χ0) is 19.2. The number of rotatable bonds is 3. The molecule has 1 heterocycles. The van der Waals surface area contributed by atoms with E-state index in [-0.39, 0.29) is 12.5 Å². The number of aryl methyl sites for hydroxylation is 2. The Labute approximate surface area is 161 Å². The Morgan fingerprint density at radius 1 is 1.26 bits per heavy atom. The van der Waals surface area contributed by atoms with E-state index < -0.39 is 17.5 Å². The molecule has 2 aromatic rings. The van der Waals surface area contributed by atoms with Gasteiger partial charge in [0.05, 0.1) is 0 Å². The van der Waals surface area contributed by atoms with Crippen molar-refractivity contribution in [2.24, 2.45) is 0 Å². The molecule has 1 saturated heterocycles. The van der Waals surface area contributed by atoms with Crippen LogP contribution in [0, 0.1) is 6.92 Å². The van der Waals surface area contributed by atoms with Crippen molar-refractivity contribution in [3.8, 4) is 0 Å². The van der Waals surface area contributed by atoms with Gasteiger partial charge in [-0.25, -0.2) is 4.79 Å². The smallest absolute Gasteiger partial charge is 0.324 e. The lowest BCUT2D eigenvalue weighted by molar-refractivity contribution is -0.134. The number of fused-ring (bicyclic) bond motifs is 2. The van der Waals surface area contributed by atoms with Crippen molar-refractivity contribution in [3.63, 3.8) is 0 Å². The van der Waals surface area contributed by atoms with Gasteiger partial charge >= 0.3 is 6.03 Å². The molecule has 1 aliphatic carbocycles. The van der Waals surface area contributed by atoms with E-state index in [9.17, 15) is 14.4 Å². The normalized spacial score (nSPS) is 20.7. The van der Waals surface area contributed by atoms with Gasteiger partial charge in [-0.3, -0.25) is 14.5 Å². The third-order valence-corrected chi connectivity index (χ3v) is 5.43. The second kappa shape index (κ2) is 6.39. The SMILES string of the molecule is Cc1ccc(Cl)cc1NC(=O)CN1C(=O)N[C@]2(CCc3ccccc32)C1=O. The molecule has 4 rings (SSSR count). The second-order valence-electron chi connectivity index (χ2n) is 6.89. The van der Waals surface area contributed by atoms with Crippen LogP contribution in [-0.4, -0.2) is 29.3 Å². The van der Waals surface area contributed by atoms with Gasteiger partial charge in [-0.15, -0.1) is 0 Å². The van der Waals surface area contributed by atoms with E-state index in [4.69, 9.17) is 11.6 Å². The Balaban J connectivity index is 1.54. The fourth-order valence-corrected chi connectivity index (χ4v) is 3.97. The molecule has 1 fully saturated rings. The van der Waals surface area contributed by atoms with Crippen molar-refractivity contribution in [2.75, 3.05) is 11.9 Å². The number of benzene rings is 2. The van der Waals surface area contributed by atoms with Crippen LogP contribution in [0.3, 0.4) is 0 Å². The highest BCUT2D eigenvalue weighted by atomic mass is 35.5.